The first kappa shape index (κ1) is 20.6. The van der Waals surface area contributed by atoms with Gasteiger partial charge in [-0.25, -0.2) is 9.37 Å². The lowest BCUT2D eigenvalue weighted by Gasteiger charge is -2.20. The van der Waals surface area contributed by atoms with Gasteiger partial charge in [-0.15, -0.1) is 0 Å². The summed E-state index contributed by atoms with van der Waals surface area (Å²) in [5.41, 5.74) is 4.20. The second kappa shape index (κ2) is 8.35. The molecule has 3 aromatic rings. The number of hydrogen-bond acceptors (Lipinski definition) is 4. The van der Waals surface area contributed by atoms with Gasteiger partial charge < -0.3 is 10.2 Å². The molecule has 0 bridgehead atoms. The number of hydrogen-bond donors (Lipinski definition) is 1. The summed E-state index contributed by atoms with van der Waals surface area (Å²) in [6, 6.07) is 15.1. The predicted octanol–water partition coefficient (Wildman–Crippen LogP) is 5.00. The Morgan fingerprint density at radius 1 is 1.09 bits per heavy atom. The highest BCUT2D eigenvalue weighted by Gasteiger charge is 2.26. The van der Waals surface area contributed by atoms with Crippen LogP contribution in [0.25, 0.3) is 0 Å². The number of pyridine rings is 1. The molecule has 2 amide bonds. The average Bonchev–Trinajstić information content (AvgIpc) is 3.19. The number of aromatic nitrogens is 1. The SMILES string of the molecule is Cc1ccc(F)cc1C(=O)Nc1ccc(C(=O)N2C=C3CC=CN3Cc3ccccc32)cn1. The molecule has 164 valence electrons. The lowest BCUT2D eigenvalue weighted by molar-refractivity contribution is 0.0995. The summed E-state index contributed by atoms with van der Waals surface area (Å²) in [7, 11) is 0. The summed E-state index contributed by atoms with van der Waals surface area (Å²) in [6.45, 7) is 2.43. The standard InChI is InChI=1S/C26H21FN4O2/c1-17-8-10-20(27)13-22(17)25(32)29-24-11-9-18(14-28-24)26(33)31-16-21-6-4-12-30(21)15-19-5-2-3-7-23(19)31/h2-5,7-14,16H,6,15H2,1H3,(H,28,29,32). The monoisotopic (exact) mass is 440 g/mol. The number of halogens is 1. The van der Waals surface area contributed by atoms with Gasteiger partial charge in [0.2, 0.25) is 0 Å². The van der Waals surface area contributed by atoms with Crippen LogP contribution in [-0.4, -0.2) is 21.7 Å². The number of nitrogens with one attached hydrogen (secondary N) is 1. The number of nitrogens with zero attached hydrogens (tertiary/aromatic N) is 3. The number of carbonyl (C=O) groups excluding carboxylic acids is 2. The Morgan fingerprint density at radius 2 is 1.94 bits per heavy atom. The summed E-state index contributed by atoms with van der Waals surface area (Å²) in [4.78, 5) is 34.0. The molecule has 0 unspecified atom stereocenters. The molecule has 0 aliphatic carbocycles. The minimum Gasteiger partial charge on any atom is -0.346 e. The molecule has 5 rings (SSSR count). The van der Waals surface area contributed by atoms with Gasteiger partial charge in [0.25, 0.3) is 11.8 Å². The van der Waals surface area contributed by atoms with Crippen LogP contribution in [0.5, 0.6) is 0 Å². The van der Waals surface area contributed by atoms with Crippen LogP contribution in [0.4, 0.5) is 15.9 Å². The first-order chi connectivity index (χ1) is 16.0. The molecule has 2 aliphatic heterocycles. The molecular weight excluding hydrogens is 419 g/mol. The minimum absolute atomic E-state index is 0.213. The largest absolute Gasteiger partial charge is 0.346 e. The fourth-order valence-corrected chi connectivity index (χ4v) is 4.00. The molecule has 0 atom stereocenters. The van der Waals surface area contributed by atoms with Crippen LogP contribution in [0.15, 0.2) is 85.0 Å². The smallest absolute Gasteiger partial charge is 0.263 e. The zero-order chi connectivity index (χ0) is 22.9. The van der Waals surface area contributed by atoms with Gasteiger partial charge in [-0.2, -0.15) is 0 Å². The topological polar surface area (TPSA) is 65.5 Å². The van der Waals surface area contributed by atoms with E-state index in [9.17, 15) is 14.0 Å². The number of aryl methyl sites for hydroxylation is 1. The van der Waals surface area contributed by atoms with Crippen molar-refractivity contribution in [3.8, 4) is 0 Å². The van der Waals surface area contributed by atoms with Gasteiger partial charge in [0.15, 0.2) is 0 Å². The number of benzene rings is 2. The van der Waals surface area contributed by atoms with Gasteiger partial charge in [-0.3, -0.25) is 14.5 Å². The van der Waals surface area contributed by atoms with Crippen LogP contribution in [-0.2, 0) is 6.54 Å². The molecule has 0 spiro atoms. The van der Waals surface area contributed by atoms with Crippen molar-refractivity contribution >= 4 is 23.3 Å². The van der Waals surface area contributed by atoms with Crippen molar-refractivity contribution in [1.82, 2.24) is 9.88 Å². The summed E-state index contributed by atoms with van der Waals surface area (Å²) in [5.74, 6) is -0.878. The molecule has 6 nitrogen and oxygen atoms in total. The molecular formula is C26H21FN4O2. The predicted molar refractivity (Wildman–Crippen MR) is 124 cm³/mol. The van der Waals surface area contributed by atoms with Crippen molar-refractivity contribution in [2.24, 2.45) is 0 Å². The van der Waals surface area contributed by atoms with Crippen LogP contribution in [0, 0.1) is 12.7 Å². The van der Waals surface area contributed by atoms with Crippen LogP contribution < -0.4 is 10.2 Å². The molecule has 1 aromatic heterocycles. The number of amides is 2. The Kier molecular flexibility index (Phi) is 5.22. The molecule has 33 heavy (non-hydrogen) atoms. The lowest BCUT2D eigenvalue weighted by Crippen LogP contribution is -2.26. The van der Waals surface area contributed by atoms with Gasteiger partial charge >= 0.3 is 0 Å². The van der Waals surface area contributed by atoms with Crippen molar-refractivity contribution in [3.63, 3.8) is 0 Å². The third-order valence-corrected chi connectivity index (χ3v) is 5.77. The number of allylic oxidation sites excluding steroid dienone is 1. The number of para-hydroxylation sites is 1. The second-order valence-corrected chi connectivity index (χ2v) is 7.99. The van der Waals surface area contributed by atoms with Crippen molar-refractivity contribution in [2.45, 2.75) is 19.9 Å². The first-order valence-electron chi connectivity index (χ1n) is 10.6. The maximum Gasteiger partial charge on any atom is 0.263 e. The van der Waals surface area contributed by atoms with Gasteiger partial charge in [0.05, 0.1) is 11.3 Å². The Balaban J connectivity index is 1.39. The third-order valence-electron chi connectivity index (χ3n) is 5.77. The van der Waals surface area contributed by atoms with E-state index in [0.29, 0.717) is 17.7 Å². The van der Waals surface area contributed by atoms with Gasteiger partial charge in [0, 0.05) is 42.8 Å². The van der Waals surface area contributed by atoms with Gasteiger partial charge in [0.1, 0.15) is 11.6 Å². The molecule has 0 saturated carbocycles. The summed E-state index contributed by atoms with van der Waals surface area (Å²) >= 11 is 0. The Morgan fingerprint density at radius 3 is 2.76 bits per heavy atom. The van der Waals surface area contributed by atoms with Crippen LogP contribution in [0.1, 0.15) is 38.3 Å². The van der Waals surface area contributed by atoms with E-state index >= 15 is 0 Å². The quantitative estimate of drug-likeness (QED) is 0.622. The van der Waals surface area contributed by atoms with E-state index in [1.165, 1.54) is 18.3 Å². The van der Waals surface area contributed by atoms with E-state index < -0.39 is 11.7 Å². The molecule has 1 N–H and O–H groups in total. The minimum atomic E-state index is -0.484. The molecule has 0 fully saturated rings. The fourth-order valence-electron chi connectivity index (χ4n) is 4.00. The van der Waals surface area contributed by atoms with Crippen LogP contribution >= 0.6 is 0 Å². The normalized spacial score (nSPS) is 14.3. The van der Waals surface area contributed by atoms with Gasteiger partial charge in [-0.1, -0.05) is 30.3 Å². The summed E-state index contributed by atoms with van der Waals surface area (Å²) < 4.78 is 13.5. The first-order valence-corrected chi connectivity index (χ1v) is 10.6. The number of rotatable bonds is 3. The number of carbonyl (C=O) groups is 2. The van der Waals surface area contributed by atoms with Crippen molar-refractivity contribution in [1.29, 1.82) is 0 Å². The Hall–Kier alpha value is -4.26. The summed E-state index contributed by atoms with van der Waals surface area (Å²) in [6.07, 6.45) is 8.18. The number of anilines is 2. The van der Waals surface area contributed by atoms with E-state index in [4.69, 9.17) is 0 Å². The van der Waals surface area contributed by atoms with Crippen LogP contribution in [0.2, 0.25) is 0 Å². The third kappa shape index (κ3) is 4.01. The average molecular weight is 440 g/mol. The second-order valence-electron chi connectivity index (χ2n) is 7.99. The van der Waals surface area contributed by atoms with Crippen LogP contribution in [0.3, 0.4) is 0 Å². The fraction of sp³-hybridized carbons (Fsp3) is 0.115. The summed E-state index contributed by atoms with van der Waals surface area (Å²) in [5, 5.41) is 2.66. The molecule has 3 heterocycles. The van der Waals surface area contributed by atoms with Crippen molar-refractivity contribution < 1.29 is 14.0 Å². The van der Waals surface area contributed by atoms with E-state index in [2.05, 4.69) is 21.3 Å². The van der Waals surface area contributed by atoms with Gasteiger partial charge in [-0.05, 0) is 48.4 Å². The highest BCUT2D eigenvalue weighted by Crippen LogP contribution is 2.33. The molecule has 2 aliphatic rings. The Bertz CT molecular complexity index is 1310. The number of fused-ring (bicyclic) bond motifs is 2. The zero-order valence-corrected chi connectivity index (χ0v) is 18.0. The van der Waals surface area contributed by atoms with E-state index in [-0.39, 0.29) is 17.3 Å². The van der Waals surface area contributed by atoms with E-state index in [1.807, 2.05) is 36.7 Å². The van der Waals surface area contributed by atoms with E-state index in [1.54, 1.807) is 30.0 Å². The maximum atomic E-state index is 13.5. The van der Waals surface area contributed by atoms with E-state index in [0.717, 1.165) is 23.4 Å². The molecule has 2 aromatic carbocycles. The molecule has 0 saturated heterocycles. The lowest BCUT2D eigenvalue weighted by atomic mass is 10.1. The molecule has 0 radical (unpaired) electrons. The van der Waals surface area contributed by atoms with Crippen molar-refractivity contribution in [2.75, 3.05) is 10.2 Å². The van der Waals surface area contributed by atoms with Crippen molar-refractivity contribution in [3.05, 3.63) is 113 Å². The molecule has 7 heteroatoms. The maximum absolute atomic E-state index is 13.5. The highest BCUT2D eigenvalue weighted by molar-refractivity contribution is 6.08. The zero-order valence-electron chi connectivity index (χ0n) is 18.0. The Labute approximate surface area is 190 Å². The highest BCUT2D eigenvalue weighted by atomic mass is 19.1.